The summed E-state index contributed by atoms with van der Waals surface area (Å²) in [6.07, 6.45) is 0. The molecular weight excluding hydrogens is 455 g/mol. The maximum Gasteiger partial charge on any atom is 0.434 e. The molecule has 3 aromatic rings. The van der Waals surface area contributed by atoms with E-state index in [4.69, 9.17) is 27.6 Å². The van der Waals surface area contributed by atoms with E-state index in [1.165, 1.54) is 0 Å². The third kappa shape index (κ3) is 4.34. The van der Waals surface area contributed by atoms with Gasteiger partial charge in [-0.2, -0.15) is 0 Å². The minimum absolute atomic E-state index is 0. The van der Waals surface area contributed by atoms with Crippen molar-refractivity contribution in [1.82, 2.24) is 20.5 Å². The number of rotatable bonds is 4. The molecule has 2 aromatic heterocycles. The lowest BCUT2D eigenvalue weighted by Gasteiger charge is -2.31. The summed E-state index contributed by atoms with van der Waals surface area (Å²) in [6.45, 7) is 4.87. The lowest BCUT2D eigenvalue weighted by atomic mass is 10.1. The smallest absolute Gasteiger partial charge is 0.388 e. The number of nitrogens with zero attached hydrogens (tertiary/aromatic N) is 2. The second-order valence-corrected chi connectivity index (χ2v) is 7.35. The first-order chi connectivity index (χ1) is 13.9. The lowest BCUT2D eigenvalue weighted by Crippen LogP contribution is -2.43. The van der Waals surface area contributed by atoms with E-state index in [1.54, 1.807) is 19.1 Å². The summed E-state index contributed by atoms with van der Waals surface area (Å²) in [5, 5.41) is 12.8. The fourth-order valence-electron chi connectivity index (χ4n) is 3.20. The molecule has 160 valence electrons. The van der Waals surface area contributed by atoms with Crippen LogP contribution in [-0.4, -0.2) is 47.3 Å². The first-order valence-corrected chi connectivity index (χ1v) is 9.70. The van der Waals surface area contributed by atoms with E-state index in [0.29, 0.717) is 22.0 Å². The molecule has 1 fully saturated rings. The van der Waals surface area contributed by atoms with Crippen LogP contribution in [0.3, 0.4) is 0 Å². The van der Waals surface area contributed by atoms with Gasteiger partial charge in [0.2, 0.25) is 5.89 Å². The molecule has 3 heterocycles. The average Bonchev–Trinajstić information content (AvgIpc) is 3.27. The number of hydrogen-bond acceptors (Lipinski definition) is 6. The van der Waals surface area contributed by atoms with Gasteiger partial charge in [-0.25, -0.2) is 9.89 Å². The van der Waals surface area contributed by atoms with Gasteiger partial charge in [-0.15, -0.1) is 17.5 Å². The van der Waals surface area contributed by atoms with Crippen LogP contribution in [0.1, 0.15) is 16.2 Å². The third-order valence-corrected chi connectivity index (χ3v) is 5.62. The van der Waals surface area contributed by atoms with E-state index in [9.17, 15) is 9.59 Å². The van der Waals surface area contributed by atoms with Gasteiger partial charge in [0.25, 0.3) is 5.91 Å². The van der Waals surface area contributed by atoms with Crippen molar-refractivity contribution in [2.75, 3.05) is 36.4 Å². The zero-order valence-electron chi connectivity index (χ0n) is 15.8. The average molecular weight is 474 g/mol. The van der Waals surface area contributed by atoms with Crippen LogP contribution < -0.4 is 21.3 Å². The summed E-state index contributed by atoms with van der Waals surface area (Å²) >= 11 is 12.3. The van der Waals surface area contributed by atoms with Crippen LogP contribution in [0, 0.1) is 6.92 Å². The Morgan fingerprint density at radius 2 is 1.97 bits per heavy atom. The van der Waals surface area contributed by atoms with Crippen LogP contribution in [0.4, 0.5) is 11.4 Å². The Morgan fingerprint density at radius 1 is 1.23 bits per heavy atom. The number of hydrogen-bond donors (Lipinski definition) is 4. The number of aryl methyl sites for hydroxylation is 1. The van der Waals surface area contributed by atoms with E-state index in [1.807, 2.05) is 6.07 Å². The maximum atomic E-state index is 12.8. The lowest BCUT2D eigenvalue weighted by molar-refractivity contribution is 0.102. The number of amides is 1. The van der Waals surface area contributed by atoms with Gasteiger partial charge in [-0.1, -0.05) is 23.2 Å². The van der Waals surface area contributed by atoms with Crippen LogP contribution in [0.15, 0.2) is 27.4 Å². The number of carbonyl (C=O) groups excluding carboxylic acids is 1. The number of H-pyrrole nitrogens is 2. The van der Waals surface area contributed by atoms with Crippen molar-refractivity contribution in [3.63, 3.8) is 0 Å². The minimum atomic E-state index is -0.630. The highest BCUT2D eigenvalue weighted by atomic mass is 35.5. The Kier molecular flexibility index (Phi) is 6.77. The van der Waals surface area contributed by atoms with Crippen LogP contribution in [0.25, 0.3) is 11.5 Å². The number of benzene rings is 1. The van der Waals surface area contributed by atoms with Gasteiger partial charge < -0.3 is 24.9 Å². The molecule has 4 rings (SSSR count). The predicted molar refractivity (Wildman–Crippen MR) is 118 cm³/mol. The molecule has 1 aliphatic heterocycles. The van der Waals surface area contributed by atoms with Crippen LogP contribution in [0.5, 0.6) is 0 Å². The van der Waals surface area contributed by atoms with Gasteiger partial charge in [0.1, 0.15) is 5.69 Å². The van der Waals surface area contributed by atoms with Crippen molar-refractivity contribution >= 4 is 52.9 Å². The van der Waals surface area contributed by atoms with Crippen molar-refractivity contribution < 1.29 is 9.21 Å². The second-order valence-electron chi connectivity index (χ2n) is 6.59. The normalized spacial score (nSPS) is 13.8. The predicted octanol–water partition coefficient (Wildman–Crippen LogP) is 3.06. The maximum absolute atomic E-state index is 12.8. The third-order valence-electron chi connectivity index (χ3n) is 4.67. The van der Waals surface area contributed by atoms with Crippen LogP contribution in [0.2, 0.25) is 10.0 Å². The molecular formula is C18H19Cl3N6O3. The summed E-state index contributed by atoms with van der Waals surface area (Å²) < 4.78 is 5.06. The zero-order chi connectivity index (χ0) is 20.5. The molecule has 1 amide bonds. The van der Waals surface area contributed by atoms with Gasteiger partial charge in [-0.05, 0) is 25.1 Å². The fraction of sp³-hybridized carbons (Fsp3) is 0.278. The molecule has 0 radical (unpaired) electrons. The van der Waals surface area contributed by atoms with E-state index in [2.05, 4.69) is 30.7 Å². The number of aromatic amines is 2. The number of aromatic nitrogens is 3. The summed E-state index contributed by atoms with van der Waals surface area (Å²) in [5.74, 6) is -0.853. The summed E-state index contributed by atoms with van der Waals surface area (Å²) in [7, 11) is 0. The molecule has 0 bridgehead atoms. The fourth-order valence-corrected chi connectivity index (χ4v) is 3.62. The van der Waals surface area contributed by atoms with Gasteiger partial charge in [0, 0.05) is 37.4 Å². The summed E-state index contributed by atoms with van der Waals surface area (Å²) in [5.41, 5.74) is 2.81. The largest absolute Gasteiger partial charge is 0.434 e. The molecule has 9 nitrogen and oxygen atoms in total. The molecule has 1 aliphatic rings. The molecule has 30 heavy (non-hydrogen) atoms. The van der Waals surface area contributed by atoms with Crippen molar-refractivity contribution in [3.05, 3.63) is 50.2 Å². The topological polar surface area (TPSA) is 119 Å². The zero-order valence-corrected chi connectivity index (χ0v) is 18.2. The molecule has 0 saturated carbocycles. The number of nitrogens with one attached hydrogen (secondary N) is 4. The Labute approximate surface area is 187 Å². The number of anilines is 2. The molecule has 4 N–H and O–H groups in total. The minimum Gasteiger partial charge on any atom is -0.388 e. The van der Waals surface area contributed by atoms with E-state index < -0.39 is 11.7 Å². The highest BCUT2D eigenvalue weighted by Gasteiger charge is 2.22. The van der Waals surface area contributed by atoms with E-state index >= 15 is 0 Å². The quantitative estimate of drug-likeness (QED) is 0.462. The van der Waals surface area contributed by atoms with Gasteiger partial charge in [0.05, 0.1) is 21.4 Å². The Balaban J connectivity index is 0.00000256. The van der Waals surface area contributed by atoms with Crippen molar-refractivity contribution in [1.29, 1.82) is 0 Å². The monoisotopic (exact) mass is 472 g/mol. The number of halogens is 3. The molecule has 0 spiro atoms. The number of carbonyl (C=O) groups is 1. The second kappa shape index (κ2) is 9.13. The van der Waals surface area contributed by atoms with Gasteiger partial charge in [-0.3, -0.25) is 4.79 Å². The number of piperazine rings is 1. The summed E-state index contributed by atoms with van der Waals surface area (Å²) in [6, 6.07) is 5.29. The molecule has 0 atom stereocenters. The molecule has 0 aliphatic carbocycles. The van der Waals surface area contributed by atoms with Gasteiger partial charge in [0.15, 0.2) is 0 Å². The standard InChI is InChI=1S/C18H18Cl2N6O3.ClH/c1-9-13(19)14(20)15(22-9)16(27)23-11-3-2-10(17-24-25-18(28)29-17)8-12(11)26-6-4-21-5-7-26;/h2-3,8,21-22H,4-7H2,1H3,(H,23,27)(H,25,28);1H. The van der Waals surface area contributed by atoms with Crippen LogP contribution in [-0.2, 0) is 0 Å². The van der Waals surface area contributed by atoms with Crippen LogP contribution >= 0.6 is 35.6 Å². The molecule has 1 aromatic carbocycles. The van der Waals surface area contributed by atoms with E-state index in [-0.39, 0.29) is 29.0 Å². The first kappa shape index (κ1) is 22.2. The molecule has 1 saturated heterocycles. The highest BCUT2D eigenvalue weighted by Crippen LogP contribution is 2.33. The van der Waals surface area contributed by atoms with Gasteiger partial charge >= 0.3 is 5.76 Å². The molecule has 12 heteroatoms. The van der Waals surface area contributed by atoms with Crippen molar-refractivity contribution in [2.45, 2.75) is 6.92 Å². The SMILES string of the molecule is Cc1[nH]c(C(=O)Nc2ccc(-c3n[nH]c(=O)o3)cc2N2CCNCC2)c(Cl)c1Cl.Cl. The Morgan fingerprint density at radius 3 is 2.57 bits per heavy atom. The summed E-state index contributed by atoms with van der Waals surface area (Å²) in [4.78, 5) is 29.1. The Hall–Kier alpha value is -2.46. The first-order valence-electron chi connectivity index (χ1n) is 8.94. The Bertz CT molecular complexity index is 1120. The van der Waals surface area contributed by atoms with E-state index in [0.717, 1.165) is 31.9 Å². The highest BCUT2D eigenvalue weighted by molar-refractivity contribution is 6.44. The van der Waals surface area contributed by atoms with Crippen molar-refractivity contribution in [2.24, 2.45) is 0 Å². The molecule has 0 unspecified atom stereocenters. The van der Waals surface area contributed by atoms with Crippen molar-refractivity contribution in [3.8, 4) is 11.5 Å².